The molecule has 16 heavy (non-hydrogen) atoms. The third-order valence-electron chi connectivity index (χ3n) is 3.09. The quantitative estimate of drug-likeness (QED) is 0.865. The summed E-state index contributed by atoms with van der Waals surface area (Å²) in [5.74, 6) is 0.622. The molecule has 2 unspecified atom stereocenters. The van der Waals surface area contributed by atoms with Crippen LogP contribution in [0.1, 0.15) is 23.0 Å². The van der Waals surface area contributed by atoms with Crippen LogP contribution in [0.25, 0.3) is 0 Å². The molecule has 3 nitrogen and oxygen atoms in total. The molecule has 88 valence electrons. The molecule has 1 fully saturated rings. The van der Waals surface area contributed by atoms with Crippen LogP contribution in [-0.2, 0) is 0 Å². The van der Waals surface area contributed by atoms with E-state index >= 15 is 0 Å². The molecule has 1 amide bonds. The van der Waals surface area contributed by atoms with E-state index in [-0.39, 0.29) is 11.9 Å². The number of thiophene rings is 1. The first kappa shape index (κ1) is 12.1. The van der Waals surface area contributed by atoms with Crippen LogP contribution in [0.2, 0.25) is 0 Å². The molecule has 2 N–H and O–H groups in total. The Labute approximate surface area is 108 Å². The van der Waals surface area contributed by atoms with E-state index in [0.717, 1.165) is 21.6 Å². The van der Waals surface area contributed by atoms with E-state index in [4.69, 9.17) is 5.73 Å². The predicted molar refractivity (Wildman–Crippen MR) is 69.7 cm³/mol. The molecule has 0 aromatic carbocycles. The number of rotatable bonds is 1. The van der Waals surface area contributed by atoms with Crippen molar-refractivity contribution in [3.8, 4) is 0 Å². The minimum atomic E-state index is 0.109. The first-order valence-electron chi connectivity index (χ1n) is 5.38. The highest BCUT2D eigenvalue weighted by Crippen LogP contribution is 2.25. The van der Waals surface area contributed by atoms with Crippen molar-refractivity contribution < 1.29 is 4.79 Å². The lowest BCUT2D eigenvalue weighted by Gasteiger charge is -2.34. The number of hydrogen-bond donors (Lipinski definition) is 1. The van der Waals surface area contributed by atoms with E-state index in [0.29, 0.717) is 12.5 Å². The van der Waals surface area contributed by atoms with Crippen molar-refractivity contribution in [3.05, 3.63) is 20.8 Å². The van der Waals surface area contributed by atoms with Gasteiger partial charge in [0, 0.05) is 19.1 Å². The fourth-order valence-corrected chi connectivity index (χ4v) is 3.22. The van der Waals surface area contributed by atoms with Crippen molar-refractivity contribution in [2.45, 2.75) is 19.4 Å². The Morgan fingerprint density at radius 2 is 2.38 bits per heavy atom. The van der Waals surface area contributed by atoms with Gasteiger partial charge in [-0.15, -0.1) is 11.3 Å². The second-order valence-electron chi connectivity index (χ2n) is 4.28. The molecule has 0 spiro atoms. The van der Waals surface area contributed by atoms with Crippen LogP contribution >= 0.6 is 27.3 Å². The summed E-state index contributed by atoms with van der Waals surface area (Å²) in [4.78, 5) is 14.8. The number of nitrogens with two attached hydrogens (primary N) is 1. The van der Waals surface area contributed by atoms with Crippen LogP contribution < -0.4 is 5.73 Å². The van der Waals surface area contributed by atoms with Crippen LogP contribution in [0.4, 0.5) is 0 Å². The van der Waals surface area contributed by atoms with E-state index in [1.807, 2.05) is 17.0 Å². The van der Waals surface area contributed by atoms with Crippen LogP contribution in [0, 0.1) is 5.92 Å². The molecule has 0 bridgehead atoms. The van der Waals surface area contributed by atoms with Crippen LogP contribution in [0.15, 0.2) is 15.9 Å². The zero-order valence-corrected chi connectivity index (χ0v) is 11.6. The van der Waals surface area contributed by atoms with Gasteiger partial charge < -0.3 is 10.6 Å². The lowest BCUT2D eigenvalue weighted by atomic mass is 9.94. The largest absolute Gasteiger partial charge is 0.336 e. The molecule has 2 heterocycles. The molecule has 0 aliphatic carbocycles. The number of amides is 1. The minimum absolute atomic E-state index is 0.109. The number of carbonyl (C=O) groups excluding carboxylic acids is 1. The van der Waals surface area contributed by atoms with Gasteiger partial charge in [-0.3, -0.25) is 4.79 Å². The van der Waals surface area contributed by atoms with Crippen LogP contribution in [-0.4, -0.2) is 29.9 Å². The van der Waals surface area contributed by atoms with Gasteiger partial charge in [0.2, 0.25) is 0 Å². The third kappa shape index (κ3) is 2.47. The van der Waals surface area contributed by atoms with Crippen molar-refractivity contribution in [2.24, 2.45) is 11.7 Å². The van der Waals surface area contributed by atoms with Gasteiger partial charge in [-0.25, -0.2) is 0 Å². The molecule has 0 saturated carbocycles. The summed E-state index contributed by atoms with van der Waals surface area (Å²) in [5, 5.41) is 0. The van der Waals surface area contributed by atoms with Crippen molar-refractivity contribution in [1.82, 2.24) is 4.90 Å². The first-order valence-corrected chi connectivity index (χ1v) is 6.99. The van der Waals surface area contributed by atoms with Crippen molar-refractivity contribution in [3.63, 3.8) is 0 Å². The molecule has 1 aromatic heterocycles. The Morgan fingerprint density at radius 3 is 2.94 bits per heavy atom. The summed E-state index contributed by atoms with van der Waals surface area (Å²) < 4.78 is 0.991. The summed E-state index contributed by atoms with van der Waals surface area (Å²) in [5.41, 5.74) is 5.99. The Kier molecular flexibility index (Phi) is 3.66. The molecule has 2 atom stereocenters. The highest BCUT2D eigenvalue weighted by atomic mass is 79.9. The molecule has 1 saturated heterocycles. The summed E-state index contributed by atoms with van der Waals surface area (Å²) in [6.07, 6.45) is 0.999. The number of piperidine rings is 1. The first-order chi connectivity index (χ1) is 7.58. The predicted octanol–water partition coefficient (Wildman–Crippen LogP) is 2.32. The SMILES string of the molecule is CC1CCN(C(=O)c2ccc(Br)s2)CC1N. The van der Waals surface area contributed by atoms with E-state index in [1.54, 1.807) is 0 Å². The zero-order valence-electron chi connectivity index (χ0n) is 9.15. The van der Waals surface area contributed by atoms with Crippen LogP contribution in [0.5, 0.6) is 0 Å². The van der Waals surface area contributed by atoms with Gasteiger partial charge in [-0.1, -0.05) is 6.92 Å². The summed E-state index contributed by atoms with van der Waals surface area (Å²) in [6.45, 7) is 3.65. The zero-order chi connectivity index (χ0) is 11.7. The number of hydrogen-bond acceptors (Lipinski definition) is 3. The molecule has 1 aliphatic heterocycles. The molecule has 2 rings (SSSR count). The molecular weight excluding hydrogens is 288 g/mol. The second kappa shape index (κ2) is 4.85. The van der Waals surface area contributed by atoms with Crippen molar-refractivity contribution in [1.29, 1.82) is 0 Å². The minimum Gasteiger partial charge on any atom is -0.336 e. The number of nitrogens with zero attached hydrogens (tertiary/aromatic N) is 1. The molecular formula is C11H15BrN2OS. The van der Waals surface area contributed by atoms with Gasteiger partial charge in [0.05, 0.1) is 8.66 Å². The lowest BCUT2D eigenvalue weighted by molar-refractivity contribution is 0.0677. The normalized spacial score (nSPS) is 25.8. The van der Waals surface area contributed by atoms with E-state index in [9.17, 15) is 4.79 Å². The van der Waals surface area contributed by atoms with Gasteiger partial charge in [-0.05, 0) is 40.4 Å². The number of carbonyl (C=O) groups is 1. The maximum atomic E-state index is 12.1. The van der Waals surface area contributed by atoms with Gasteiger partial charge in [0.15, 0.2) is 0 Å². The maximum Gasteiger partial charge on any atom is 0.264 e. The van der Waals surface area contributed by atoms with Gasteiger partial charge in [0.25, 0.3) is 5.91 Å². The summed E-state index contributed by atoms with van der Waals surface area (Å²) >= 11 is 4.85. The van der Waals surface area contributed by atoms with Crippen LogP contribution in [0.3, 0.4) is 0 Å². The van der Waals surface area contributed by atoms with Crippen molar-refractivity contribution in [2.75, 3.05) is 13.1 Å². The molecule has 0 radical (unpaired) electrons. The lowest BCUT2D eigenvalue weighted by Crippen LogP contribution is -2.49. The Balaban J connectivity index is 2.06. The number of likely N-dealkylation sites (tertiary alicyclic amines) is 1. The standard InChI is InChI=1S/C11H15BrN2OS/c1-7-4-5-14(6-8(7)13)11(15)9-2-3-10(12)16-9/h2-3,7-8H,4-6,13H2,1H3. The van der Waals surface area contributed by atoms with E-state index < -0.39 is 0 Å². The highest BCUT2D eigenvalue weighted by Gasteiger charge is 2.27. The van der Waals surface area contributed by atoms with Gasteiger partial charge in [0.1, 0.15) is 0 Å². The smallest absolute Gasteiger partial charge is 0.264 e. The van der Waals surface area contributed by atoms with Gasteiger partial charge in [-0.2, -0.15) is 0 Å². The molecule has 1 aromatic rings. The Morgan fingerprint density at radius 1 is 1.62 bits per heavy atom. The average molecular weight is 303 g/mol. The molecule has 5 heteroatoms. The number of halogens is 1. The third-order valence-corrected chi connectivity index (χ3v) is 4.70. The second-order valence-corrected chi connectivity index (χ2v) is 6.75. The summed E-state index contributed by atoms with van der Waals surface area (Å²) in [7, 11) is 0. The monoisotopic (exact) mass is 302 g/mol. The summed E-state index contributed by atoms with van der Waals surface area (Å²) in [6, 6.07) is 3.88. The van der Waals surface area contributed by atoms with E-state index in [2.05, 4.69) is 22.9 Å². The Hall–Kier alpha value is -0.390. The fourth-order valence-electron chi connectivity index (χ4n) is 1.87. The maximum absolute atomic E-state index is 12.1. The molecule has 1 aliphatic rings. The average Bonchev–Trinajstić information content (AvgIpc) is 2.68. The van der Waals surface area contributed by atoms with E-state index in [1.165, 1.54) is 11.3 Å². The van der Waals surface area contributed by atoms with Crippen molar-refractivity contribution >= 4 is 33.2 Å². The van der Waals surface area contributed by atoms with Gasteiger partial charge >= 0.3 is 0 Å². The topological polar surface area (TPSA) is 46.3 Å². The Bertz CT molecular complexity index is 393. The highest BCUT2D eigenvalue weighted by molar-refractivity contribution is 9.11. The fraction of sp³-hybridized carbons (Fsp3) is 0.545.